The van der Waals surface area contributed by atoms with Crippen molar-refractivity contribution in [2.24, 2.45) is 0 Å². The van der Waals surface area contributed by atoms with E-state index in [-0.39, 0.29) is 5.69 Å². The quantitative estimate of drug-likeness (QED) is 0.685. The minimum Gasteiger partial charge on any atom is -0.288 e. The van der Waals surface area contributed by atoms with Gasteiger partial charge in [0, 0.05) is 11.6 Å². The summed E-state index contributed by atoms with van der Waals surface area (Å²) in [4.78, 5) is 15.8. The van der Waals surface area contributed by atoms with Gasteiger partial charge in [0.15, 0.2) is 0 Å². The molecule has 0 unspecified atom stereocenters. The minimum atomic E-state index is -0.211. The van der Waals surface area contributed by atoms with Gasteiger partial charge in [-0.1, -0.05) is 48.5 Å². The Bertz CT molecular complexity index is 732. The van der Waals surface area contributed by atoms with Crippen molar-refractivity contribution >= 4 is 10.9 Å². The van der Waals surface area contributed by atoms with E-state index in [0.717, 1.165) is 16.5 Å². The molecule has 2 aromatic carbocycles. The Kier molecular flexibility index (Phi) is 2.65. The molecule has 1 aromatic heterocycles. The van der Waals surface area contributed by atoms with Gasteiger partial charge in [0.05, 0.1) is 12.1 Å². The van der Waals surface area contributed by atoms with Crippen molar-refractivity contribution in [3.63, 3.8) is 0 Å². The van der Waals surface area contributed by atoms with E-state index >= 15 is 0 Å². The lowest BCUT2D eigenvalue weighted by Crippen LogP contribution is -2.23. The Balaban J connectivity index is 2.16. The lowest BCUT2D eigenvalue weighted by atomic mass is 10.2. The topological polar surface area (TPSA) is 34.9 Å². The van der Waals surface area contributed by atoms with Crippen molar-refractivity contribution in [1.29, 1.82) is 0 Å². The minimum absolute atomic E-state index is 0.211. The van der Waals surface area contributed by atoms with Crippen molar-refractivity contribution < 1.29 is 0 Å². The molecule has 0 saturated carbocycles. The summed E-state index contributed by atoms with van der Waals surface area (Å²) in [5.41, 5.74) is 1.80. The van der Waals surface area contributed by atoms with Gasteiger partial charge in [-0.25, -0.2) is 9.78 Å². The van der Waals surface area contributed by atoms with Gasteiger partial charge in [-0.2, -0.15) is 0 Å². The van der Waals surface area contributed by atoms with Crippen LogP contribution in [0, 0.1) is 0 Å². The third-order valence-electron chi connectivity index (χ3n) is 2.96. The van der Waals surface area contributed by atoms with E-state index in [4.69, 9.17) is 0 Å². The molecule has 0 spiro atoms. The smallest absolute Gasteiger partial charge is 0.288 e. The Morgan fingerprint density at radius 3 is 2.50 bits per heavy atom. The number of hydrogen-bond acceptors (Lipinski definition) is 2. The zero-order valence-electron chi connectivity index (χ0n) is 9.78. The van der Waals surface area contributed by atoms with Crippen molar-refractivity contribution in [2.75, 3.05) is 0 Å². The standard InChI is InChI=1S/C15H12N2O/c18-15-16-10-13-8-4-5-9-14(13)17(15)11-12-6-2-1-3-7-12/h1-10H,11H2. The molecule has 88 valence electrons. The van der Waals surface area contributed by atoms with Crippen LogP contribution >= 0.6 is 0 Å². The first-order valence-electron chi connectivity index (χ1n) is 5.83. The number of para-hydroxylation sites is 1. The van der Waals surface area contributed by atoms with Gasteiger partial charge >= 0.3 is 5.69 Å². The lowest BCUT2D eigenvalue weighted by Gasteiger charge is -2.08. The summed E-state index contributed by atoms with van der Waals surface area (Å²) in [5, 5.41) is 0.980. The van der Waals surface area contributed by atoms with Gasteiger partial charge in [-0.15, -0.1) is 0 Å². The summed E-state index contributed by atoms with van der Waals surface area (Å²) >= 11 is 0. The van der Waals surface area contributed by atoms with Crippen molar-refractivity contribution in [1.82, 2.24) is 9.55 Å². The summed E-state index contributed by atoms with van der Waals surface area (Å²) in [7, 11) is 0. The molecular weight excluding hydrogens is 224 g/mol. The molecular formula is C15H12N2O. The molecule has 0 radical (unpaired) electrons. The van der Waals surface area contributed by atoms with E-state index in [1.54, 1.807) is 10.8 Å². The number of aromatic nitrogens is 2. The first-order chi connectivity index (χ1) is 8.84. The fourth-order valence-electron chi connectivity index (χ4n) is 2.06. The predicted molar refractivity (Wildman–Crippen MR) is 71.5 cm³/mol. The average molecular weight is 236 g/mol. The van der Waals surface area contributed by atoms with Crippen LogP contribution in [0.4, 0.5) is 0 Å². The van der Waals surface area contributed by atoms with Crippen LogP contribution in [0.1, 0.15) is 5.56 Å². The maximum atomic E-state index is 11.9. The Morgan fingerprint density at radius 2 is 1.67 bits per heavy atom. The lowest BCUT2D eigenvalue weighted by molar-refractivity contribution is 0.762. The zero-order valence-corrected chi connectivity index (χ0v) is 9.78. The third kappa shape index (κ3) is 1.91. The molecule has 0 aliphatic carbocycles. The third-order valence-corrected chi connectivity index (χ3v) is 2.96. The maximum Gasteiger partial charge on any atom is 0.348 e. The van der Waals surface area contributed by atoms with Gasteiger partial charge in [-0.05, 0) is 11.6 Å². The normalized spacial score (nSPS) is 10.7. The number of fused-ring (bicyclic) bond motifs is 1. The molecule has 3 heteroatoms. The van der Waals surface area contributed by atoms with Crippen LogP contribution in [0.3, 0.4) is 0 Å². The van der Waals surface area contributed by atoms with E-state index in [2.05, 4.69) is 4.98 Å². The molecule has 3 nitrogen and oxygen atoms in total. The second-order valence-corrected chi connectivity index (χ2v) is 4.17. The molecule has 0 amide bonds. The molecule has 0 bridgehead atoms. The van der Waals surface area contributed by atoms with E-state index < -0.39 is 0 Å². The SMILES string of the molecule is O=c1ncc2ccccc2n1Cc1ccccc1. The zero-order chi connectivity index (χ0) is 12.4. The van der Waals surface area contributed by atoms with Crippen LogP contribution in [-0.2, 0) is 6.54 Å². The summed E-state index contributed by atoms with van der Waals surface area (Å²) < 4.78 is 1.70. The number of nitrogens with zero attached hydrogens (tertiary/aromatic N) is 2. The second kappa shape index (κ2) is 4.45. The highest BCUT2D eigenvalue weighted by atomic mass is 16.1. The highest BCUT2D eigenvalue weighted by molar-refractivity contribution is 5.77. The van der Waals surface area contributed by atoms with Gasteiger partial charge in [-0.3, -0.25) is 4.57 Å². The largest absolute Gasteiger partial charge is 0.348 e. The van der Waals surface area contributed by atoms with Crippen LogP contribution in [-0.4, -0.2) is 9.55 Å². The van der Waals surface area contributed by atoms with Gasteiger partial charge < -0.3 is 0 Å². The molecule has 0 aliphatic rings. The van der Waals surface area contributed by atoms with Crippen LogP contribution in [0.5, 0.6) is 0 Å². The summed E-state index contributed by atoms with van der Waals surface area (Å²) in [6.45, 7) is 0.550. The van der Waals surface area contributed by atoms with Crippen LogP contribution < -0.4 is 5.69 Å². The second-order valence-electron chi connectivity index (χ2n) is 4.17. The van der Waals surface area contributed by atoms with Crippen molar-refractivity contribution in [3.05, 3.63) is 76.8 Å². The fourth-order valence-corrected chi connectivity index (χ4v) is 2.06. The van der Waals surface area contributed by atoms with Crippen molar-refractivity contribution in [2.45, 2.75) is 6.54 Å². The molecule has 3 rings (SSSR count). The number of benzene rings is 2. The summed E-state index contributed by atoms with van der Waals surface area (Å²) in [6.07, 6.45) is 1.62. The molecule has 18 heavy (non-hydrogen) atoms. The van der Waals surface area contributed by atoms with E-state index in [9.17, 15) is 4.79 Å². The Labute approximate surface area is 104 Å². The molecule has 3 aromatic rings. The predicted octanol–water partition coefficient (Wildman–Crippen LogP) is 2.44. The Morgan fingerprint density at radius 1 is 0.944 bits per heavy atom. The Hall–Kier alpha value is -2.42. The van der Waals surface area contributed by atoms with Crippen LogP contribution in [0.25, 0.3) is 10.9 Å². The van der Waals surface area contributed by atoms with Gasteiger partial charge in [0.25, 0.3) is 0 Å². The monoisotopic (exact) mass is 236 g/mol. The summed E-state index contributed by atoms with van der Waals surface area (Å²) in [6, 6.07) is 17.7. The number of hydrogen-bond donors (Lipinski definition) is 0. The van der Waals surface area contributed by atoms with E-state index in [0.29, 0.717) is 6.54 Å². The average Bonchev–Trinajstić information content (AvgIpc) is 2.43. The van der Waals surface area contributed by atoms with E-state index in [1.165, 1.54) is 0 Å². The first kappa shape index (κ1) is 10.7. The molecule has 0 fully saturated rings. The highest BCUT2D eigenvalue weighted by Crippen LogP contribution is 2.11. The van der Waals surface area contributed by atoms with Crippen LogP contribution in [0.15, 0.2) is 65.6 Å². The summed E-state index contributed by atoms with van der Waals surface area (Å²) in [5.74, 6) is 0. The van der Waals surface area contributed by atoms with Crippen molar-refractivity contribution in [3.8, 4) is 0 Å². The molecule has 0 aliphatic heterocycles. The van der Waals surface area contributed by atoms with E-state index in [1.807, 2.05) is 54.6 Å². The fraction of sp³-hybridized carbons (Fsp3) is 0.0667. The molecule has 0 atom stereocenters. The first-order valence-corrected chi connectivity index (χ1v) is 5.83. The molecule has 0 saturated heterocycles. The number of rotatable bonds is 2. The molecule has 1 heterocycles. The molecule has 0 N–H and O–H groups in total. The maximum absolute atomic E-state index is 11.9. The van der Waals surface area contributed by atoms with Gasteiger partial charge in [0.1, 0.15) is 0 Å². The van der Waals surface area contributed by atoms with Gasteiger partial charge in [0.2, 0.25) is 0 Å². The highest BCUT2D eigenvalue weighted by Gasteiger charge is 2.03. The van der Waals surface area contributed by atoms with Crippen LogP contribution in [0.2, 0.25) is 0 Å².